The number of halogens is 1. The minimum absolute atomic E-state index is 0.0163. The van der Waals surface area contributed by atoms with E-state index in [0.29, 0.717) is 48.4 Å². The molecule has 0 radical (unpaired) electrons. The molecule has 8 heteroatoms. The van der Waals surface area contributed by atoms with Gasteiger partial charge in [-0.1, -0.05) is 48.7 Å². The number of carbonyl (C=O) groups is 3. The first-order chi connectivity index (χ1) is 19.8. The number of unbranched alkanes of at least 4 members (excludes halogenated alkanes) is 4. The van der Waals surface area contributed by atoms with Crippen molar-refractivity contribution in [2.45, 2.75) is 70.9 Å². The van der Waals surface area contributed by atoms with Gasteiger partial charge in [0.05, 0.1) is 12.5 Å². The topological polar surface area (TPSA) is 98.9 Å². The summed E-state index contributed by atoms with van der Waals surface area (Å²) in [5, 5.41) is 0.596. The molecule has 0 bridgehead atoms. The Kier molecular flexibility index (Phi) is 12.5. The van der Waals surface area contributed by atoms with Crippen LogP contribution in [0.4, 0.5) is 0 Å². The van der Waals surface area contributed by atoms with Gasteiger partial charge in [0.25, 0.3) is 0 Å². The zero-order valence-electron chi connectivity index (χ0n) is 23.9. The number of hydrogen-bond donors (Lipinski definition) is 1. The van der Waals surface area contributed by atoms with Crippen LogP contribution in [0.5, 0.6) is 11.5 Å². The van der Waals surface area contributed by atoms with E-state index < -0.39 is 11.9 Å². The number of carbonyl (C=O) groups excluding carboxylic acids is 3. The summed E-state index contributed by atoms with van der Waals surface area (Å²) in [7, 11) is 0. The van der Waals surface area contributed by atoms with Crippen molar-refractivity contribution in [1.82, 2.24) is 4.90 Å². The van der Waals surface area contributed by atoms with Crippen LogP contribution in [0.25, 0.3) is 0 Å². The summed E-state index contributed by atoms with van der Waals surface area (Å²) < 4.78 is 10.7. The summed E-state index contributed by atoms with van der Waals surface area (Å²) in [6, 6.07) is 12.3. The number of benzene rings is 2. The molecule has 1 fully saturated rings. The SMILES string of the molecule is C=CC1C[C@@H]1C(=O)OCC.C=CCCCCCCC(=O)N1Cc2ccc(Oc3cccc(Cl)c3)cc2CC1C(N)=O. The quantitative estimate of drug-likeness (QED) is 0.160. The molecule has 1 heterocycles. The van der Waals surface area contributed by atoms with Gasteiger partial charge in [-0.3, -0.25) is 14.4 Å². The van der Waals surface area contributed by atoms with Crippen molar-refractivity contribution < 1.29 is 23.9 Å². The number of allylic oxidation sites excluding steroid dienone is 2. The Bertz CT molecular complexity index is 1230. The van der Waals surface area contributed by atoms with Crippen LogP contribution in [0.1, 0.15) is 63.0 Å². The summed E-state index contributed by atoms with van der Waals surface area (Å²) in [4.78, 5) is 37.5. The van der Waals surface area contributed by atoms with Crippen LogP contribution >= 0.6 is 11.6 Å². The van der Waals surface area contributed by atoms with Crippen LogP contribution in [0.3, 0.4) is 0 Å². The molecule has 2 aliphatic rings. The van der Waals surface area contributed by atoms with Gasteiger partial charge in [-0.2, -0.15) is 0 Å². The highest BCUT2D eigenvalue weighted by Gasteiger charge is 2.41. The third-order valence-corrected chi connectivity index (χ3v) is 7.50. The highest BCUT2D eigenvalue weighted by atomic mass is 35.5. The van der Waals surface area contributed by atoms with Crippen molar-refractivity contribution in [2.75, 3.05) is 6.61 Å². The van der Waals surface area contributed by atoms with Gasteiger partial charge in [0.15, 0.2) is 0 Å². The number of rotatable bonds is 13. The van der Waals surface area contributed by atoms with Gasteiger partial charge in [0, 0.05) is 24.4 Å². The normalized spacial score (nSPS) is 18.7. The number of nitrogens with zero attached hydrogens (tertiary/aromatic N) is 1. The smallest absolute Gasteiger partial charge is 0.309 e. The van der Waals surface area contributed by atoms with E-state index in [1.54, 1.807) is 17.0 Å². The molecule has 7 nitrogen and oxygen atoms in total. The minimum atomic E-state index is -0.637. The van der Waals surface area contributed by atoms with Crippen molar-refractivity contribution in [3.8, 4) is 11.5 Å². The van der Waals surface area contributed by atoms with Crippen LogP contribution in [0.2, 0.25) is 5.02 Å². The number of esters is 1. The lowest BCUT2D eigenvalue weighted by atomic mass is 9.92. The fourth-order valence-corrected chi connectivity index (χ4v) is 5.04. The van der Waals surface area contributed by atoms with Gasteiger partial charge in [0.2, 0.25) is 11.8 Å². The summed E-state index contributed by atoms with van der Waals surface area (Å²) >= 11 is 6.02. The molecule has 0 spiro atoms. The first-order valence-corrected chi connectivity index (χ1v) is 14.7. The Morgan fingerprint density at radius 2 is 1.80 bits per heavy atom. The van der Waals surface area contributed by atoms with E-state index in [1.807, 2.05) is 49.4 Å². The van der Waals surface area contributed by atoms with E-state index >= 15 is 0 Å². The predicted octanol–water partition coefficient (Wildman–Crippen LogP) is 6.77. The number of amides is 2. The summed E-state index contributed by atoms with van der Waals surface area (Å²) in [6.07, 6.45) is 10.5. The molecule has 1 aliphatic carbocycles. The molecule has 1 aliphatic heterocycles. The Balaban J connectivity index is 0.000000389. The Morgan fingerprint density at radius 3 is 2.46 bits per heavy atom. The molecule has 2 N–H and O–H groups in total. The second-order valence-corrected chi connectivity index (χ2v) is 10.8. The number of hydrogen-bond acceptors (Lipinski definition) is 5. The number of ether oxygens (including phenoxy) is 2. The molecular formula is C33H41ClN2O5. The fourth-order valence-electron chi connectivity index (χ4n) is 4.86. The lowest BCUT2D eigenvalue weighted by Crippen LogP contribution is -2.51. The van der Waals surface area contributed by atoms with E-state index in [9.17, 15) is 14.4 Å². The minimum Gasteiger partial charge on any atom is -0.466 e. The zero-order chi connectivity index (χ0) is 29.8. The van der Waals surface area contributed by atoms with Gasteiger partial charge in [-0.25, -0.2) is 0 Å². The molecule has 0 aromatic heterocycles. The average Bonchev–Trinajstić information content (AvgIpc) is 3.75. The van der Waals surface area contributed by atoms with E-state index in [1.165, 1.54) is 0 Å². The second-order valence-electron chi connectivity index (χ2n) is 10.4. The van der Waals surface area contributed by atoms with Crippen molar-refractivity contribution in [3.05, 3.63) is 83.9 Å². The third-order valence-electron chi connectivity index (χ3n) is 7.27. The zero-order valence-corrected chi connectivity index (χ0v) is 24.6. The standard InChI is InChI=1S/C25H29ClN2O3.C8H12O2/c1-2-3-4-5-6-7-11-24(29)28-17-18-12-13-22(14-19(18)15-23(28)25(27)30)31-21-10-8-9-20(26)16-21;1-3-6-5-7(6)8(9)10-4-2/h2,8-10,12-14,16,23H,1,3-7,11,15,17H2,(H2,27,30);3,6-7H,1,4-5H2,2H3/t;6?,7-/m.0/s1. The molecule has 41 heavy (non-hydrogen) atoms. The van der Waals surface area contributed by atoms with Crippen LogP contribution in [-0.4, -0.2) is 35.3 Å². The van der Waals surface area contributed by atoms with E-state index in [2.05, 4.69) is 13.2 Å². The largest absolute Gasteiger partial charge is 0.466 e. The third kappa shape index (κ3) is 9.78. The molecule has 1 saturated carbocycles. The Labute approximate surface area is 248 Å². The lowest BCUT2D eigenvalue weighted by Gasteiger charge is -2.35. The number of nitrogens with two attached hydrogens (primary N) is 1. The summed E-state index contributed by atoms with van der Waals surface area (Å²) in [6.45, 7) is 10.0. The summed E-state index contributed by atoms with van der Waals surface area (Å²) in [5.41, 5.74) is 7.63. The second kappa shape index (κ2) is 16.0. The average molecular weight is 581 g/mol. The number of fused-ring (bicyclic) bond motifs is 1. The molecule has 2 aromatic rings. The molecule has 220 valence electrons. The Morgan fingerprint density at radius 1 is 1.05 bits per heavy atom. The van der Waals surface area contributed by atoms with Gasteiger partial charge in [-0.15, -0.1) is 13.2 Å². The van der Waals surface area contributed by atoms with Crippen molar-refractivity contribution in [2.24, 2.45) is 17.6 Å². The first-order valence-electron chi connectivity index (χ1n) is 14.3. The molecule has 2 aromatic carbocycles. The first kappa shape index (κ1) is 31.9. The molecular weight excluding hydrogens is 540 g/mol. The molecule has 4 rings (SSSR count). The van der Waals surface area contributed by atoms with Gasteiger partial charge < -0.3 is 20.1 Å². The monoisotopic (exact) mass is 580 g/mol. The number of primary amides is 1. The molecule has 3 atom stereocenters. The molecule has 0 saturated heterocycles. The van der Waals surface area contributed by atoms with E-state index in [-0.39, 0.29) is 17.8 Å². The highest BCUT2D eigenvalue weighted by molar-refractivity contribution is 6.30. The van der Waals surface area contributed by atoms with Gasteiger partial charge >= 0.3 is 5.97 Å². The predicted molar refractivity (Wildman–Crippen MR) is 162 cm³/mol. The molecule has 2 amide bonds. The maximum atomic E-state index is 12.8. The van der Waals surface area contributed by atoms with E-state index in [0.717, 1.165) is 49.7 Å². The fraction of sp³-hybridized carbons (Fsp3) is 0.424. The van der Waals surface area contributed by atoms with Crippen molar-refractivity contribution >= 4 is 29.4 Å². The van der Waals surface area contributed by atoms with Crippen LogP contribution in [0.15, 0.2) is 67.8 Å². The maximum Gasteiger partial charge on any atom is 0.309 e. The van der Waals surface area contributed by atoms with Gasteiger partial charge in [0.1, 0.15) is 17.5 Å². The van der Waals surface area contributed by atoms with Crippen LogP contribution in [0, 0.1) is 11.8 Å². The van der Waals surface area contributed by atoms with Crippen LogP contribution < -0.4 is 10.5 Å². The van der Waals surface area contributed by atoms with Gasteiger partial charge in [-0.05, 0) is 80.0 Å². The highest BCUT2D eigenvalue weighted by Crippen LogP contribution is 2.40. The van der Waals surface area contributed by atoms with Crippen molar-refractivity contribution in [1.29, 1.82) is 0 Å². The van der Waals surface area contributed by atoms with Crippen LogP contribution in [-0.2, 0) is 32.1 Å². The van der Waals surface area contributed by atoms with E-state index in [4.69, 9.17) is 26.8 Å². The Hall–Kier alpha value is -3.58. The lowest BCUT2D eigenvalue weighted by molar-refractivity contribution is -0.144. The summed E-state index contributed by atoms with van der Waals surface area (Å²) in [5.74, 6) is 1.25. The van der Waals surface area contributed by atoms with Crippen molar-refractivity contribution in [3.63, 3.8) is 0 Å². The maximum absolute atomic E-state index is 12.8. The molecule has 2 unspecified atom stereocenters.